The molecule has 0 aliphatic heterocycles. The van der Waals surface area contributed by atoms with Crippen molar-refractivity contribution in [2.75, 3.05) is 5.32 Å². The molecular weight excluding hydrogens is 236 g/mol. The molecule has 0 bridgehead atoms. The highest BCUT2D eigenvalue weighted by molar-refractivity contribution is 5.89. The number of aromatic nitrogens is 2. The van der Waals surface area contributed by atoms with Gasteiger partial charge in [0, 0.05) is 12.2 Å². The number of urea groups is 1. The van der Waals surface area contributed by atoms with Crippen LogP contribution in [0.2, 0.25) is 0 Å². The number of carboxylic acids is 1. The Bertz CT molecular complexity index is 428. The molecule has 2 amide bonds. The first kappa shape index (κ1) is 14.0. The van der Waals surface area contributed by atoms with E-state index in [1.165, 1.54) is 17.1 Å². The number of carboxylic acid groups (broad SMARTS) is 1. The zero-order valence-corrected chi connectivity index (χ0v) is 10.7. The molecule has 3 N–H and O–H groups in total. The molecule has 0 aromatic carbocycles. The molecule has 100 valence electrons. The predicted octanol–water partition coefficient (Wildman–Crippen LogP) is 1.13. The molecule has 0 aliphatic carbocycles. The molecule has 1 atom stereocenters. The smallest absolute Gasteiger partial charge is 0.325 e. The summed E-state index contributed by atoms with van der Waals surface area (Å²) in [6, 6.07) is -0.273. The summed E-state index contributed by atoms with van der Waals surface area (Å²) in [5.41, 5.74) is 0.463. The summed E-state index contributed by atoms with van der Waals surface area (Å²) in [5, 5.41) is 17.8. The van der Waals surface area contributed by atoms with Crippen LogP contribution in [-0.2, 0) is 11.3 Å². The second-order valence-corrected chi connectivity index (χ2v) is 4.45. The maximum absolute atomic E-state index is 11.6. The van der Waals surface area contributed by atoms with E-state index in [0.29, 0.717) is 11.6 Å². The van der Waals surface area contributed by atoms with Gasteiger partial charge in [0.2, 0.25) is 0 Å². The fourth-order valence-electron chi connectivity index (χ4n) is 1.19. The fraction of sp³-hybridized carbons (Fsp3) is 0.545. The Hall–Kier alpha value is -2.05. The zero-order valence-electron chi connectivity index (χ0n) is 10.7. The zero-order chi connectivity index (χ0) is 13.7. The Morgan fingerprint density at radius 1 is 1.44 bits per heavy atom. The second kappa shape index (κ2) is 6.04. The molecule has 1 rings (SSSR count). The number of anilines is 1. The monoisotopic (exact) mass is 254 g/mol. The number of hydrogen-bond donors (Lipinski definition) is 3. The van der Waals surface area contributed by atoms with E-state index in [1.54, 1.807) is 0 Å². The quantitative estimate of drug-likeness (QED) is 0.734. The lowest BCUT2D eigenvalue weighted by atomic mass is 10.1. The lowest BCUT2D eigenvalue weighted by Crippen LogP contribution is -2.38. The van der Waals surface area contributed by atoms with Gasteiger partial charge in [-0.05, 0) is 12.8 Å². The van der Waals surface area contributed by atoms with Crippen molar-refractivity contribution in [3.05, 3.63) is 12.4 Å². The SMILES string of the molecule is CC(C)C(C)NC(=O)Nc1cnn(CC(=O)O)c1. The number of nitrogens with one attached hydrogen (secondary N) is 2. The summed E-state index contributed by atoms with van der Waals surface area (Å²) in [6.07, 6.45) is 2.87. The number of carbonyl (C=O) groups is 2. The number of rotatable bonds is 5. The van der Waals surface area contributed by atoms with Crippen LogP contribution in [0.15, 0.2) is 12.4 Å². The van der Waals surface area contributed by atoms with Crippen LogP contribution in [-0.4, -0.2) is 32.9 Å². The van der Waals surface area contributed by atoms with E-state index in [4.69, 9.17) is 5.11 Å². The number of carbonyl (C=O) groups excluding carboxylic acids is 1. The van der Waals surface area contributed by atoms with Gasteiger partial charge in [-0.1, -0.05) is 13.8 Å². The van der Waals surface area contributed by atoms with Gasteiger partial charge in [0.25, 0.3) is 0 Å². The molecule has 0 radical (unpaired) electrons. The Morgan fingerprint density at radius 2 is 2.11 bits per heavy atom. The molecule has 0 spiro atoms. The molecule has 0 fully saturated rings. The Balaban J connectivity index is 2.49. The maximum Gasteiger partial charge on any atom is 0.325 e. The van der Waals surface area contributed by atoms with E-state index in [0.717, 1.165) is 0 Å². The summed E-state index contributed by atoms with van der Waals surface area (Å²) >= 11 is 0. The van der Waals surface area contributed by atoms with Gasteiger partial charge in [-0.15, -0.1) is 0 Å². The van der Waals surface area contributed by atoms with Crippen LogP contribution in [0.25, 0.3) is 0 Å². The van der Waals surface area contributed by atoms with Crippen molar-refractivity contribution in [2.45, 2.75) is 33.4 Å². The lowest BCUT2D eigenvalue weighted by Gasteiger charge is -2.17. The third-order valence-corrected chi connectivity index (χ3v) is 2.55. The van der Waals surface area contributed by atoms with E-state index in [9.17, 15) is 9.59 Å². The van der Waals surface area contributed by atoms with E-state index in [1.807, 2.05) is 20.8 Å². The molecule has 1 heterocycles. The Labute approximate surface area is 105 Å². The third-order valence-electron chi connectivity index (χ3n) is 2.55. The minimum absolute atomic E-state index is 0.0547. The summed E-state index contributed by atoms with van der Waals surface area (Å²) in [4.78, 5) is 22.0. The lowest BCUT2D eigenvalue weighted by molar-refractivity contribution is -0.137. The summed E-state index contributed by atoms with van der Waals surface area (Å²) in [7, 11) is 0. The van der Waals surface area contributed by atoms with Gasteiger partial charge in [-0.2, -0.15) is 5.10 Å². The van der Waals surface area contributed by atoms with Gasteiger partial charge in [-0.25, -0.2) is 4.79 Å². The van der Waals surface area contributed by atoms with Gasteiger partial charge in [0.1, 0.15) is 6.54 Å². The van der Waals surface area contributed by atoms with Gasteiger partial charge < -0.3 is 15.7 Å². The molecule has 0 saturated heterocycles. The first-order valence-electron chi connectivity index (χ1n) is 5.70. The first-order valence-corrected chi connectivity index (χ1v) is 5.70. The average Bonchev–Trinajstić information content (AvgIpc) is 2.63. The van der Waals surface area contributed by atoms with E-state index >= 15 is 0 Å². The third kappa shape index (κ3) is 4.44. The van der Waals surface area contributed by atoms with Crippen LogP contribution in [0.5, 0.6) is 0 Å². The van der Waals surface area contributed by atoms with Crippen LogP contribution in [0.3, 0.4) is 0 Å². The van der Waals surface area contributed by atoms with Crippen molar-refractivity contribution in [1.29, 1.82) is 0 Å². The molecular formula is C11H18N4O3. The summed E-state index contributed by atoms with van der Waals surface area (Å²) < 4.78 is 1.24. The van der Waals surface area contributed by atoms with E-state index < -0.39 is 5.97 Å². The highest BCUT2D eigenvalue weighted by atomic mass is 16.4. The molecule has 1 aromatic heterocycles. The van der Waals surface area contributed by atoms with Crippen molar-refractivity contribution in [3.8, 4) is 0 Å². The minimum Gasteiger partial charge on any atom is -0.480 e. The van der Waals surface area contributed by atoms with Gasteiger partial charge >= 0.3 is 12.0 Å². The van der Waals surface area contributed by atoms with Gasteiger partial charge in [0.15, 0.2) is 0 Å². The molecule has 0 saturated carbocycles. The summed E-state index contributed by atoms with van der Waals surface area (Å²) in [6.45, 7) is 5.70. The number of amides is 2. The molecule has 0 aliphatic rings. The van der Waals surface area contributed by atoms with Crippen molar-refractivity contribution < 1.29 is 14.7 Å². The van der Waals surface area contributed by atoms with Gasteiger partial charge in [-0.3, -0.25) is 9.48 Å². The van der Waals surface area contributed by atoms with E-state index in [-0.39, 0.29) is 18.6 Å². The highest BCUT2D eigenvalue weighted by Crippen LogP contribution is 2.05. The van der Waals surface area contributed by atoms with Crippen molar-refractivity contribution in [1.82, 2.24) is 15.1 Å². The number of aliphatic carboxylic acids is 1. The van der Waals surface area contributed by atoms with Crippen molar-refractivity contribution in [2.24, 2.45) is 5.92 Å². The standard InChI is InChI=1S/C11H18N4O3/c1-7(2)8(3)13-11(18)14-9-4-12-15(5-9)6-10(16)17/h4-5,7-8H,6H2,1-3H3,(H,16,17)(H2,13,14,18). The number of nitrogens with zero attached hydrogens (tertiary/aromatic N) is 2. The van der Waals surface area contributed by atoms with Crippen molar-refractivity contribution in [3.63, 3.8) is 0 Å². The van der Waals surface area contributed by atoms with Crippen LogP contribution < -0.4 is 10.6 Å². The molecule has 7 heteroatoms. The fourth-order valence-corrected chi connectivity index (χ4v) is 1.19. The normalized spacial score (nSPS) is 12.2. The van der Waals surface area contributed by atoms with Crippen LogP contribution in [0, 0.1) is 5.92 Å². The Kier molecular flexibility index (Phi) is 4.70. The van der Waals surface area contributed by atoms with Crippen molar-refractivity contribution >= 4 is 17.7 Å². The maximum atomic E-state index is 11.6. The number of hydrogen-bond acceptors (Lipinski definition) is 3. The predicted molar refractivity (Wildman–Crippen MR) is 66.3 cm³/mol. The second-order valence-electron chi connectivity index (χ2n) is 4.45. The minimum atomic E-state index is -0.984. The molecule has 1 unspecified atom stereocenters. The largest absolute Gasteiger partial charge is 0.480 e. The summed E-state index contributed by atoms with van der Waals surface area (Å²) in [5.74, 6) is -0.645. The van der Waals surface area contributed by atoms with Crippen LogP contribution in [0.4, 0.5) is 10.5 Å². The van der Waals surface area contributed by atoms with E-state index in [2.05, 4.69) is 15.7 Å². The average molecular weight is 254 g/mol. The molecule has 1 aromatic rings. The topological polar surface area (TPSA) is 96.3 Å². The van der Waals surface area contributed by atoms with Crippen LogP contribution in [0.1, 0.15) is 20.8 Å². The van der Waals surface area contributed by atoms with Gasteiger partial charge in [0.05, 0.1) is 11.9 Å². The molecule has 7 nitrogen and oxygen atoms in total. The Morgan fingerprint density at radius 3 is 2.67 bits per heavy atom. The van der Waals surface area contributed by atoms with Crippen LogP contribution >= 0.6 is 0 Å². The first-order chi connectivity index (χ1) is 8.38. The molecule has 18 heavy (non-hydrogen) atoms. The highest BCUT2D eigenvalue weighted by Gasteiger charge is 2.11.